The Bertz CT molecular complexity index is 512. The van der Waals surface area contributed by atoms with Crippen LogP contribution in [0.15, 0.2) is 0 Å². The fourth-order valence-electron chi connectivity index (χ4n) is 7.71. The van der Waals surface area contributed by atoms with Crippen LogP contribution in [0, 0.1) is 40.4 Å². The first-order chi connectivity index (χ1) is 11.0. The summed E-state index contributed by atoms with van der Waals surface area (Å²) in [6, 6.07) is 0. The molecule has 0 bridgehead atoms. The lowest BCUT2D eigenvalue weighted by Gasteiger charge is -2.59. The molecule has 0 aliphatic heterocycles. The van der Waals surface area contributed by atoms with Crippen LogP contribution in [-0.4, -0.2) is 12.1 Å². The maximum atomic E-state index is 13.3. The van der Waals surface area contributed by atoms with E-state index in [1.54, 1.807) is 0 Å². The van der Waals surface area contributed by atoms with Gasteiger partial charge in [-0.3, -0.25) is 4.79 Å². The molecule has 4 fully saturated rings. The van der Waals surface area contributed by atoms with Crippen molar-refractivity contribution in [1.82, 2.24) is 0 Å². The van der Waals surface area contributed by atoms with E-state index in [4.69, 9.17) is 0 Å². The van der Waals surface area contributed by atoms with E-state index in [2.05, 4.69) is 13.8 Å². The lowest BCUT2D eigenvalue weighted by atomic mass is 9.44. The van der Waals surface area contributed by atoms with Gasteiger partial charge in [-0.05, 0) is 73.0 Å². The van der Waals surface area contributed by atoms with Gasteiger partial charge in [0.25, 0.3) is 0 Å². The van der Waals surface area contributed by atoms with Crippen LogP contribution in [0.25, 0.3) is 0 Å². The van der Waals surface area contributed by atoms with Crippen molar-refractivity contribution in [2.24, 2.45) is 40.4 Å². The van der Waals surface area contributed by atoms with Gasteiger partial charge in [-0.2, -0.15) is 0 Å². The number of rotatable bonds is 2. The van der Waals surface area contributed by atoms with Gasteiger partial charge in [0.05, 0.1) is 0 Å². The topological polar surface area (TPSA) is 34.1 Å². The Balaban J connectivity index is 1.67. The van der Waals surface area contributed by atoms with E-state index in [-0.39, 0.29) is 10.8 Å². The molecule has 0 spiro atoms. The van der Waals surface area contributed by atoms with Crippen LogP contribution in [0.5, 0.6) is 0 Å². The second-order valence-electron chi connectivity index (χ2n) is 9.60. The summed E-state index contributed by atoms with van der Waals surface area (Å²) in [4.78, 5) is 24.4. The molecule has 0 unspecified atom stereocenters. The molecular formula is C21H32O2. The molecule has 0 aromatic heterocycles. The summed E-state index contributed by atoms with van der Waals surface area (Å²) in [5, 5.41) is 0. The molecule has 0 aromatic rings. The molecule has 128 valence electrons. The fraction of sp³-hybridized carbons (Fsp3) is 0.905. The number of carbonyl (C=O) groups is 2. The van der Waals surface area contributed by atoms with Crippen molar-refractivity contribution in [3.63, 3.8) is 0 Å². The van der Waals surface area contributed by atoms with E-state index in [9.17, 15) is 9.59 Å². The van der Waals surface area contributed by atoms with Crippen LogP contribution in [-0.2, 0) is 9.59 Å². The summed E-state index contributed by atoms with van der Waals surface area (Å²) in [6.07, 6.45) is 12.8. The van der Waals surface area contributed by atoms with Crippen LogP contribution in [0.1, 0.15) is 78.1 Å². The summed E-state index contributed by atoms with van der Waals surface area (Å²) >= 11 is 0. The van der Waals surface area contributed by atoms with Crippen LogP contribution in [0.4, 0.5) is 0 Å². The zero-order valence-electron chi connectivity index (χ0n) is 14.9. The number of hydrogen-bond donors (Lipinski definition) is 0. The zero-order valence-corrected chi connectivity index (χ0v) is 14.9. The summed E-state index contributed by atoms with van der Waals surface area (Å²) in [5.74, 6) is 3.42. The first-order valence-electron chi connectivity index (χ1n) is 9.97. The van der Waals surface area contributed by atoms with Crippen molar-refractivity contribution in [3.05, 3.63) is 0 Å². The largest absolute Gasteiger partial charge is 0.303 e. The van der Waals surface area contributed by atoms with Gasteiger partial charge in [0, 0.05) is 18.8 Å². The Hall–Kier alpha value is -0.660. The van der Waals surface area contributed by atoms with Crippen molar-refractivity contribution in [2.45, 2.75) is 78.1 Å². The monoisotopic (exact) mass is 316 g/mol. The molecule has 2 nitrogen and oxygen atoms in total. The van der Waals surface area contributed by atoms with Crippen LogP contribution >= 0.6 is 0 Å². The fourth-order valence-corrected chi connectivity index (χ4v) is 7.71. The highest BCUT2D eigenvalue weighted by Gasteiger charge is 2.62. The van der Waals surface area contributed by atoms with Gasteiger partial charge in [-0.1, -0.05) is 26.7 Å². The van der Waals surface area contributed by atoms with Crippen molar-refractivity contribution in [1.29, 1.82) is 0 Å². The molecule has 4 saturated carbocycles. The quantitative estimate of drug-likeness (QED) is 0.686. The van der Waals surface area contributed by atoms with Gasteiger partial charge >= 0.3 is 0 Å². The van der Waals surface area contributed by atoms with E-state index in [1.165, 1.54) is 44.9 Å². The highest BCUT2D eigenvalue weighted by molar-refractivity contribution is 5.84. The van der Waals surface area contributed by atoms with Crippen molar-refractivity contribution < 1.29 is 9.59 Å². The van der Waals surface area contributed by atoms with Gasteiger partial charge in [-0.15, -0.1) is 0 Å². The number of hydrogen-bond acceptors (Lipinski definition) is 2. The number of aldehydes is 1. The molecule has 2 heteroatoms. The van der Waals surface area contributed by atoms with Crippen molar-refractivity contribution in [2.75, 3.05) is 0 Å². The minimum Gasteiger partial charge on any atom is -0.303 e. The van der Waals surface area contributed by atoms with Gasteiger partial charge in [-0.25, -0.2) is 0 Å². The average molecular weight is 316 g/mol. The molecule has 4 aliphatic carbocycles. The lowest BCUT2D eigenvalue weighted by Crippen LogP contribution is -2.56. The minimum absolute atomic E-state index is 0.108. The van der Waals surface area contributed by atoms with Crippen molar-refractivity contribution >= 4 is 12.1 Å². The number of ketones is 1. The van der Waals surface area contributed by atoms with Gasteiger partial charge in [0.15, 0.2) is 0 Å². The average Bonchev–Trinajstić information content (AvgIpc) is 2.83. The van der Waals surface area contributed by atoms with E-state index in [0.29, 0.717) is 35.9 Å². The third kappa shape index (κ3) is 2.12. The maximum absolute atomic E-state index is 13.3. The molecule has 4 rings (SSSR count). The number of carbonyl (C=O) groups excluding carboxylic acids is 2. The molecule has 0 amide bonds. The second kappa shape index (κ2) is 5.43. The first kappa shape index (κ1) is 15.8. The third-order valence-electron chi connectivity index (χ3n) is 8.84. The van der Waals surface area contributed by atoms with E-state index in [1.807, 2.05) is 0 Å². The van der Waals surface area contributed by atoms with Gasteiger partial charge < -0.3 is 4.79 Å². The predicted molar refractivity (Wildman–Crippen MR) is 90.9 cm³/mol. The Kier molecular flexibility index (Phi) is 3.74. The highest BCUT2D eigenvalue weighted by atomic mass is 16.1. The number of Topliss-reactive ketones (excluding diaryl/α,β-unsaturated/α-hetero) is 1. The van der Waals surface area contributed by atoms with Crippen LogP contribution in [0.2, 0.25) is 0 Å². The Morgan fingerprint density at radius 3 is 2.65 bits per heavy atom. The molecule has 0 radical (unpaired) electrons. The second-order valence-corrected chi connectivity index (χ2v) is 9.60. The molecule has 23 heavy (non-hydrogen) atoms. The Morgan fingerprint density at radius 1 is 1.04 bits per heavy atom. The van der Waals surface area contributed by atoms with E-state index >= 15 is 0 Å². The molecule has 0 N–H and O–H groups in total. The van der Waals surface area contributed by atoms with Crippen LogP contribution in [0.3, 0.4) is 0 Å². The summed E-state index contributed by atoms with van der Waals surface area (Å²) < 4.78 is 0. The SMILES string of the molecule is C[C@]12CCCC[C@H]1CC[C@H]1[C@@H]3CC[C@H](CC=O)[C@@]3(C)CC(=O)[C@@H]12. The van der Waals surface area contributed by atoms with Crippen molar-refractivity contribution in [3.8, 4) is 0 Å². The third-order valence-corrected chi connectivity index (χ3v) is 8.84. The Morgan fingerprint density at radius 2 is 1.87 bits per heavy atom. The van der Waals surface area contributed by atoms with E-state index in [0.717, 1.165) is 25.0 Å². The molecular weight excluding hydrogens is 284 g/mol. The molecule has 0 saturated heterocycles. The molecule has 0 heterocycles. The standard InChI is InChI=1S/C21H32O2/c1-20-11-4-3-5-14(20)6-8-16-17-9-7-15(10-12-22)21(17,2)13-18(23)19(16)20/h12,14-17,19H,3-11,13H2,1-2H3/t14-,15+,16-,17-,19+,20-,21+/m0/s1. The maximum Gasteiger partial charge on any atom is 0.137 e. The van der Waals surface area contributed by atoms with Gasteiger partial charge in [0.2, 0.25) is 0 Å². The van der Waals surface area contributed by atoms with E-state index < -0.39 is 0 Å². The summed E-state index contributed by atoms with van der Waals surface area (Å²) in [7, 11) is 0. The molecule has 7 atom stereocenters. The Labute approximate surface area is 140 Å². The number of fused-ring (bicyclic) bond motifs is 5. The molecule has 0 aromatic carbocycles. The summed E-state index contributed by atoms with van der Waals surface area (Å²) in [6.45, 7) is 4.79. The van der Waals surface area contributed by atoms with Crippen LogP contribution < -0.4 is 0 Å². The lowest BCUT2D eigenvalue weighted by molar-refractivity contribution is -0.157. The molecule has 4 aliphatic rings. The normalized spacial score (nSPS) is 52.4. The predicted octanol–water partition coefficient (Wildman–Crippen LogP) is 4.80. The zero-order chi connectivity index (χ0) is 16.2. The summed E-state index contributed by atoms with van der Waals surface area (Å²) in [5.41, 5.74) is 0.388. The minimum atomic E-state index is 0.108. The smallest absolute Gasteiger partial charge is 0.137 e. The first-order valence-corrected chi connectivity index (χ1v) is 9.97. The highest BCUT2D eigenvalue weighted by Crippen LogP contribution is 2.66. The van der Waals surface area contributed by atoms with Gasteiger partial charge in [0.1, 0.15) is 12.1 Å².